The maximum atomic E-state index is 12.3. The topological polar surface area (TPSA) is 92.8 Å². The van der Waals surface area contributed by atoms with Crippen LogP contribution in [0.5, 0.6) is 0 Å². The standard InChI is InChI=1S/C19H24N2O4/c1-2-11-20-12-5-3-6-14(22)18(12)16(24)10-9-13-19-15(23)7-4-8-17(19)25-21-13/h24H,2-11H2,1H3. The lowest BCUT2D eigenvalue weighted by molar-refractivity contribution is -0.115. The van der Waals surface area contributed by atoms with Crippen molar-refractivity contribution < 1.29 is 19.2 Å². The highest BCUT2D eigenvalue weighted by molar-refractivity contribution is 6.24. The fraction of sp³-hybridized carbons (Fsp3) is 0.579. The Morgan fingerprint density at radius 1 is 1.16 bits per heavy atom. The van der Waals surface area contributed by atoms with Crippen molar-refractivity contribution in [2.24, 2.45) is 4.99 Å². The predicted octanol–water partition coefficient (Wildman–Crippen LogP) is 3.54. The average Bonchev–Trinajstić information content (AvgIpc) is 3.02. The van der Waals surface area contributed by atoms with Crippen LogP contribution in [0.2, 0.25) is 0 Å². The molecule has 1 heterocycles. The van der Waals surface area contributed by atoms with Crippen molar-refractivity contribution in [3.8, 4) is 0 Å². The molecule has 0 amide bonds. The summed E-state index contributed by atoms with van der Waals surface area (Å²) >= 11 is 0. The molecule has 1 saturated carbocycles. The van der Waals surface area contributed by atoms with Crippen LogP contribution in [0.3, 0.4) is 0 Å². The molecule has 1 aromatic rings. The molecule has 1 N–H and O–H groups in total. The number of aryl methyl sites for hydroxylation is 2. The van der Waals surface area contributed by atoms with Crippen LogP contribution in [0.15, 0.2) is 20.8 Å². The van der Waals surface area contributed by atoms with Gasteiger partial charge in [-0.3, -0.25) is 14.6 Å². The minimum Gasteiger partial charge on any atom is -0.511 e. The average molecular weight is 344 g/mol. The fourth-order valence-electron chi connectivity index (χ4n) is 3.48. The Bertz CT molecular complexity index is 743. The van der Waals surface area contributed by atoms with Gasteiger partial charge in [0.15, 0.2) is 11.6 Å². The molecule has 0 saturated heterocycles. The molecular weight excluding hydrogens is 320 g/mol. The summed E-state index contributed by atoms with van der Waals surface area (Å²) in [5.74, 6) is 0.720. The smallest absolute Gasteiger partial charge is 0.168 e. The maximum Gasteiger partial charge on any atom is 0.168 e. The van der Waals surface area contributed by atoms with Gasteiger partial charge in [-0.15, -0.1) is 0 Å². The number of allylic oxidation sites excluding steroid dienone is 2. The number of rotatable bonds is 5. The van der Waals surface area contributed by atoms with Gasteiger partial charge in [-0.1, -0.05) is 12.1 Å². The first-order valence-corrected chi connectivity index (χ1v) is 9.11. The molecule has 2 aliphatic rings. The molecule has 6 nitrogen and oxygen atoms in total. The summed E-state index contributed by atoms with van der Waals surface area (Å²) in [4.78, 5) is 28.8. The minimum atomic E-state index is -0.0446. The normalized spacial score (nSPS) is 21.6. The highest BCUT2D eigenvalue weighted by atomic mass is 16.5. The Kier molecular flexibility index (Phi) is 5.46. The van der Waals surface area contributed by atoms with Crippen LogP contribution in [0.1, 0.15) is 73.7 Å². The van der Waals surface area contributed by atoms with E-state index in [1.54, 1.807) is 0 Å². The van der Waals surface area contributed by atoms with Crippen LogP contribution in [0.25, 0.3) is 0 Å². The van der Waals surface area contributed by atoms with Crippen molar-refractivity contribution in [1.29, 1.82) is 0 Å². The van der Waals surface area contributed by atoms with Crippen molar-refractivity contribution in [1.82, 2.24) is 5.16 Å². The molecule has 0 radical (unpaired) electrons. The Hall–Kier alpha value is -2.24. The van der Waals surface area contributed by atoms with E-state index in [9.17, 15) is 14.7 Å². The second kappa shape index (κ2) is 7.76. The fourth-order valence-corrected chi connectivity index (χ4v) is 3.48. The Morgan fingerprint density at radius 2 is 1.92 bits per heavy atom. The summed E-state index contributed by atoms with van der Waals surface area (Å²) in [6, 6.07) is 0. The third-order valence-corrected chi connectivity index (χ3v) is 4.72. The molecule has 6 heteroatoms. The zero-order valence-electron chi connectivity index (χ0n) is 14.6. The van der Waals surface area contributed by atoms with Gasteiger partial charge in [-0.25, -0.2) is 0 Å². The number of hydrogen-bond donors (Lipinski definition) is 1. The van der Waals surface area contributed by atoms with Crippen LogP contribution in [0, 0.1) is 0 Å². The number of ketones is 2. The van der Waals surface area contributed by atoms with E-state index in [0.29, 0.717) is 54.1 Å². The van der Waals surface area contributed by atoms with Crippen LogP contribution in [0.4, 0.5) is 0 Å². The summed E-state index contributed by atoms with van der Waals surface area (Å²) in [6.45, 7) is 2.69. The van der Waals surface area contributed by atoms with Gasteiger partial charge in [-0.05, 0) is 25.7 Å². The second-order valence-electron chi connectivity index (χ2n) is 6.63. The first kappa shape index (κ1) is 17.6. The zero-order valence-corrected chi connectivity index (χ0v) is 14.6. The SMILES string of the molecule is CCCN=C1CCCC(=O)C1=C(O)CCc1noc2c1C(=O)CCC2. The zero-order chi connectivity index (χ0) is 17.8. The number of aliphatic hydroxyl groups excluding tert-OH is 1. The van der Waals surface area contributed by atoms with Crippen molar-refractivity contribution in [2.75, 3.05) is 6.54 Å². The quantitative estimate of drug-likeness (QED) is 0.651. The molecule has 1 aromatic heterocycles. The van der Waals surface area contributed by atoms with E-state index in [-0.39, 0.29) is 23.7 Å². The maximum absolute atomic E-state index is 12.3. The Balaban J connectivity index is 1.79. The van der Waals surface area contributed by atoms with Gasteiger partial charge >= 0.3 is 0 Å². The van der Waals surface area contributed by atoms with E-state index in [1.807, 2.05) is 6.92 Å². The molecule has 0 spiro atoms. The predicted molar refractivity (Wildman–Crippen MR) is 93.2 cm³/mol. The summed E-state index contributed by atoms with van der Waals surface area (Å²) in [6.07, 6.45) is 5.54. The molecular formula is C19H24N2O4. The number of Topliss-reactive ketones (excluding diaryl/α,β-unsaturated/α-hetero) is 2. The van der Waals surface area contributed by atoms with E-state index in [4.69, 9.17) is 4.52 Å². The second-order valence-corrected chi connectivity index (χ2v) is 6.63. The van der Waals surface area contributed by atoms with E-state index < -0.39 is 0 Å². The first-order chi connectivity index (χ1) is 12.1. The molecule has 2 aliphatic carbocycles. The first-order valence-electron chi connectivity index (χ1n) is 9.11. The van der Waals surface area contributed by atoms with Gasteiger partial charge in [0.2, 0.25) is 0 Å². The monoisotopic (exact) mass is 344 g/mol. The number of aromatic nitrogens is 1. The van der Waals surface area contributed by atoms with Crippen molar-refractivity contribution in [3.05, 3.63) is 28.3 Å². The molecule has 3 rings (SSSR count). The van der Waals surface area contributed by atoms with Crippen molar-refractivity contribution in [3.63, 3.8) is 0 Å². The third kappa shape index (κ3) is 3.72. The van der Waals surface area contributed by atoms with Gasteiger partial charge in [0.25, 0.3) is 0 Å². The molecule has 0 unspecified atom stereocenters. The van der Waals surface area contributed by atoms with E-state index >= 15 is 0 Å². The number of nitrogens with zero attached hydrogens (tertiary/aromatic N) is 2. The number of carbonyl (C=O) groups is 2. The van der Waals surface area contributed by atoms with Crippen LogP contribution < -0.4 is 0 Å². The van der Waals surface area contributed by atoms with E-state index in [2.05, 4.69) is 10.1 Å². The Morgan fingerprint density at radius 3 is 2.72 bits per heavy atom. The van der Waals surface area contributed by atoms with Gasteiger partial charge in [0.1, 0.15) is 11.5 Å². The van der Waals surface area contributed by atoms with Crippen LogP contribution in [-0.2, 0) is 17.6 Å². The number of fused-ring (bicyclic) bond motifs is 1. The molecule has 0 aliphatic heterocycles. The summed E-state index contributed by atoms with van der Waals surface area (Å²) in [5, 5.41) is 14.5. The number of aliphatic hydroxyl groups is 1. The van der Waals surface area contributed by atoms with Gasteiger partial charge in [0.05, 0.1) is 16.8 Å². The minimum absolute atomic E-state index is 0.0446. The molecule has 0 aromatic carbocycles. The number of carbonyl (C=O) groups excluding carboxylic acids is 2. The highest BCUT2D eigenvalue weighted by Crippen LogP contribution is 2.27. The van der Waals surface area contributed by atoms with E-state index in [0.717, 1.165) is 32.1 Å². The Labute approximate surface area is 147 Å². The lowest BCUT2D eigenvalue weighted by atomic mass is 9.89. The summed E-state index contributed by atoms with van der Waals surface area (Å²) in [5.41, 5.74) is 2.26. The summed E-state index contributed by atoms with van der Waals surface area (Å²) in [7, 11) is 0. The van der Waals surface area contributed by atoms with Crippen LogP contribution >= 0.6 is 0 Å². The van der Waals surface area contributed by atoms with Crippen molar-refractivity contribution >= 4 is 17.3 Å². The van der Waals surface area contributed by atoms with Gasteiger partial charge in [-0.2, -0.15) is 0 Å². The van der Waals surface area contributed by atoms with E-state index in [1.165, 1.54) is 0 Å². The molecule has 0 bridgehead atoms. The summed E-state index contributed by atoms with van der Waals surface area (Å²) < 4.78 is 5.27. The van der Waals surface area contributed by atoms with Crippen molar-refractivity contribution in [2.45, 2.75) is 64.7 Å². The van der Waals surface area contributed by atoms with Gasteiger partial charge < -0.3 is 9.63 Å². The molecule has 25 heavy (non-hydrogen) atoms. The number of hydrogen-bond acceptors (Lipinski definition) is 6. The van der Waals surface area contributed by atoms with Crippen LogP contribution in [-0.4, -0.2) is 34.1 Å². The molecule has 1 fully saturated rings. The number of aliphatic imine (C=N–C) groups is 1. The lowest BCUT2D eigenvalue weighted by Crippen LogP contribution is -2.22. The molecule has 0 atom stereocenters. The largest absolute Gasteiger partial charge is 0.511 e. The highest BCUT2D eigenvalue weighted by Gasteiger charge is 2.28. The third-order valence-electron chi connectivity index (χ3n) is 4.72. The van der Waals surface area contributed by atoms with Gasteiger partial charge in [0, 0.05) is 44.4 Å². The lowest BCUT2D eigenvalue weighted by Gasteiger charge is -2.18. The molecule has 134 valence electrons.